The minimum Gasteiger partial charge on any atom is -0.410 e. The Balaban J connectivity index is 1.84. The first-order valence-electron chi connectivity index (χ1n) is 5.93. The summed E-state index contributed by atoms with van der Waals surface area (Å²) in [6.07, 6.45) is 3.71. The minimum absolute atomic E-state index is 0.0204. The molecule has 1 aromatic carbocycles. The van der Waals surface area contributed by atoms with Gasteiger partial charge in [-0.3, -0.25) is 0 Å². The van der Waals surface area contributed by atoms with Crippen LogP contribution in [0, 0.1) is 0 Å². The molecule has 2 rings (SSSR count). The summed E-state index contributed by atoms with van der Waals surface area (Å²) in [5.74, 6) is 0.548. The molecule has 0 heterocycles. The van der Waals surface area contributed by atoms with Crippen molar-refractivity contribution >= 4 is 17.7 Å². The van der Waals surface area contributed by atoms with Gasteiger partial charge in [-0.25, -0.2) is 4.79 Å². The lowest BCUT2D eigenvalue weighted by Gasteiger charge is -2.27. The van der Waals surface area contributed by atoms with E-state index >= 15 is 0 Å². The van der Waals surface area contributed by atoms with E-state index < -0.39 is 6.09 Å². The third kappa shape index (κ3) is 3.63. The van der Waals surface area contributed by atoms with Crippen molar-refractivity contribution in [3.8, 4) is 5.75 Å². The molecule has 92 valence electrons. The molecule has 2 atom stereocenters. The Morgan fingerprint density at radius 2 is 1.94 bits per heavy atom. The minimum atomic E-state index is -0.422. The van der Waals surface area contributed by atoms with E-state index in [2.05, 4.69) is 5.32 Å². The lowest BCUT2D eigenvalue weighted by Crippen LogP contribution is -2.44. The number of benzene rings is 1. The smallest absolute Gasteiger partial charge is 0.410 e. The normalized spacial score (nSPS) is 24.1. The van der Waals surface area contributed by atoms with Crippen LogP contribution in [0.5, 0.6) is 5.75 Å². The van der Waals surface area contributed by atoms with Gasteiger partial charge in [0.25, 0.3) is 0 Å². The van der Waals surface area contributed by atoms with Gasteiger partial charge in [0.15, 0.2) is 0 Å². The molecule has 0 saturated heterocycles. The SMILES string of the molecule is O=C(NC1CCCCC1Cl)Oc1ccccc1. The number of rotatable bonds is 2. The van der Waals surface area contributed by atoms with Crippen molar-refractivity contribution in [1.82, 2.24) is 5.32 Å². The lowest BCUT2D eigenvalue weighted by molar-refractivity contribution is 0.192. The monoisotopic (exact) mass is 253 g/mol. The van der Waals surface area contributed by atoms with E-state index in [9.17, 15) is 4.79 Å². The molecule has 3 nitrogen and oxygen atoms in total. The van der Waals surface area contributed by atoms with Gasteiger partial charge in [-0.05, 0) is 25.0 Å². The molecule has 0 spiro atoms. The Kier molecular flexibility index (Phi) is 4.26. The van der Waals surface area contributed by atoms with Crippen molar-refractivity contribution in [3.63, 3.8) is 0 Å². The molecule has 1 N–H and O–H groups in total. The molecular formula is C13H16ClNO2. The molecule has 1 aliphatic carbocycles. The molecule has 0 radical (unpaired) electrons. The zero-order valence-corrected chi connectivity index (χ0v) is 10.3. The van der Waals surface area contributed by atoms with Crippen LogP contribution in [0.1, 0.15) is 25.7 Å². The van der Waals surface area contributed by atoms with Crippen molar-refractivity contribution in [2.75, 3.05) is 0 Å². The highest BCUT2D eigenvalue weighted by Gasteiger charge is 2.25. The molecule has 1 amide bonds. The number of hydrogen-bond donors (Lipinski definition) is 1. The first kappa shape index (κ1) is 12.2. The second-order valence-corrected chi connectivity index (χ2v) is 4.81. The van der Waals surface area contributed by atoms with Gasteiger partial charge < -0.3 is 10.1 Å². The third-order valence-electron chi connectivity index (χ3n) is 2.94. The maximum Gasteiger partial charge on any atom is 0.412 e. The van der Waals surface area contributed by atoms with Gasteiger partial charge in [0.2, 0.25) is 0 Å². The summed E-state index contributed by atoms with van der Waals surface area (Å²) in [6.45, 7) is 0. The van der Waals surface area contributed by atoms with Crippen LogP contribution in [0.3, 0.4) is 0 Å². The van der Waals surface area contributed by atoms with Crippen LogP contribution >= 0.6 is 11.6 Å². The number of halogens is 1. The second-order valence-electron chi connectivity index (χ2n) is 4.25. The van der Waals surface area contributed by atoms with Gasteiger partial charge in [-0.15, -0.1) is 11.6 Å². The van der Waals surface area contributed by atoms with Crippen LogP contribution in [0.2, 0.25) is 0 Å². The largest absolute Gasteiger partial charge is 0.412 e. The van der Waals surface area contributed by atoms with E-state index in [-0.39, 0.29) is 11.4 Å². The molecule has 0 bridgehead atoms. The standard InChI is InChI=1S/C13H16ClNO2/c14-11-8-4-5-9-12(11)15-13(16)17-10-6-2-1-3-7-10/h1-3,6-7,11-12H,4-5,8-9H2,(H,15,16). The van der Waals surface area contributed by atoms with Crippen LogP contribution in [-0.2, 0) is 0 Å². The average Bonchev–Trinajstić information content (AvgIpc) is 2.33. The molecular weight excluding hydrogens is 238 g/mol. The molecule has 1 saturated carbocycles. The average molecular weight is 254 g/mol. The summed E-state index contributed by atoms with van der Waals surface area (Å²) in [4.78, 5) is 11.6. The third-order valence-corrected chi connectivity index (χ3v) is 3.46. The molecule has 17 heavy (non-hydrogen) atoms. The van der Waals surface area contributed by atoms with E-state index in [1.165, 1.54) is 0 Å². The number of alkyl halides is 1. The van der Waals surface area contributed by atoms with E-state index in [4.69, 9.17) is 16.3 Å². The van der Waals surface area contributed by atoms with Crippen molar-refractivity contribution < 1.29 is 9.53 Å². The predicted molar refractivity (Wildman–Crippen MR) is 67.5 cm³/mol. The fourth-order valence-electron chi connectivity index (χ4n) is 2.02. The quantitative estimate of drug-likeness (QED) is 0.821. The molecule has 1 aliphatic rings. The van der Waals surface area contributed by atoms with E-state index in [1.807, 2.05) is 18.2 Å². The Labute approximate surface area is 106 Å². The molecule has 2 unspecified atom stereocenters. The van der Waals surface area contributed by atoms with Gasteiger partial charge >= 0.3 is 6.09 Å². The first-order valence-corrected chi connectivity index (χ1v) is 6.37. The zero-order valence-electron chi connectivity index (χ0n) is 9.56. The summed E-state index contributed by atoms with van der Waals surface area (Å²) >= 11 is 6.16. The van der Waals surface area contributed by atoms with Gasteiger partial charge in [-0.1, -0.05) is 31.0 Å². The van der Waals surface area contributed by atoms with Crippen molar-refractivity contribution in [1.29, 1.82) is 0 Å². The molecule has 0 aliphatic heterocycles. The summed E-state index contributed by atoms with van der Waals surface area (Å²) in [5, 5.41) is 2.84. The Morgan fingerprint density at radius 1 is 1.24 bits per heavy atom. The first-order chi connectivity index (χ1) is 8.25. The van der Waals surface area contributed by atoms with E-state index in [0.29, 0.717) is 5.75 Å². The highest BCUT2D eigenvalue weighted by atomic mass is 35.5. The maximum absolute atomic E-state index is 11.6. The van der Waals surface area contributed by atoms with Crippen LogP contribution < -0.4 is 10.1 Å². The molecule has 0 aromatic heterocycles. The number of ether oxygens (including phenoxy) is 1. The highest BCUT2D eigenvalue weighted by molar-refractivity contribution is 6.21. The fourth-order valence-corrected chi connectivity index (χ4v) is 2.37. The zero-order chi connectivity index (χ0) is 12.1. The van der Waals surface area contributed by atoms with Crippen molar-refractivity contribution in [3.05, 3.63) is 30.3 Å². The Bertz CT molecular complexity index is 369. The van der Waals surface area contributed by atoms with Crippen LogP contribution in [-0.4, -0.2) is 17.5 Å². The molecule has 1 fully saturated rings. The maximum atomic E-state index is 11.6. The van der Waals surface area contributed by atoms with Gasteiger partial charge in [0, 0.05) is 6.04 Å². The summed E-state index contributed by atoms with van der Waals surface area (Å²) in [7, 11) is 0. The number of carbonyl (C=O) groups is 1. The number of nitrogens with one attached hydrogen (secondary N) is 1. The topological polar surface area (TPSA) is 38.3 Å². The number of para-hydroxylation sites is 1. The fraction of sp³-hybridized carbons (Fsp3) is 0.462. The summed E-state index contributed by atoms with van der Waals surface area (Å²) in [6, 6.07) is 9.06. The van der Waals surface area contributed by atoms with Gasteiger partial charge in [0.05, 0.1) is 5.38 Å². The second kappa shape index (κ2) is 5.92. The molecule has 4 heteroatoms. The van der Waals surface area contributed by atoms with Gasteiger partial charge in [0.1, 0.15) is 5.75 Å². The number of carbonyl (C=O) groups excluding carboxylic acids is 1. The predicted octanol–water partition coefficient (Wildman–Crippen LogP) is 3.33. The number of hydrogen-bond acceptors (Lipinski definition) is 2. The Morgan fingerprint density at radius 3 is 2.65 bits per heavy atom. The van der Waals surface area contributed by atoms with E-state index in [0.717, 1.165) is 25.7 Å². The molecule has 1 aromatic rings. The van der Waals surface area contributed by atoms with Crippen LogP contribution in [0.25, 0.3) is 0 Å². The Hall–Kier alpha value is -1.22. The van der Waals surface area contributed by atoms with Crippen LogP contribution in [0.4, 0.5) is 4.79 Å². The highest BCUT2D eigenvalue weighted by Crippen LogP contribution is 2.23. The number of amides is 1. The summed E-state index contributed by atoms with van der Waals surface area (Å²) < 4.78 is 5.16. The van der Waals surface area contributed by atoms with Crippen molar-refractivity contribution in [2.24, 2.45) is 0 Å². The van der Waals surface area contributed by atoms with Crippen LogP contribution in [0.15, 0.2) is 30.3 Å². The van der Waals surface area contributed by atoms with Gasteiger partial charge in [-0.2, -0.15) is 0 Å². The summed E-state index contributed by atoms with van der Waals surface area (Å²) in [5.41, 5.74) is 0. The van der Waals surface area contributed by atoms with E-state index in [1.54, 1.807) is 12.1 Å². The lowest BCUT2D eigenvalue weighted by atomic mass is 9.95. The van der Waals surface area contributed by atoms with Crippen molar-refractivity contribution in [2.45, 2.75) is 37.1 Å².